The average Bonchev–Trinajstić information content (AvgIpc) is 2.35. The number of hydrogen-bond donors (Lipinski definition) is 3. The van der Waals surface area contributed by atoms with E-state index in [0.717, 1.165) is 6.54 Å². The van der Waals surface area contributed by atoms with E-state index in [2.05, 4.69) is 36.6 Å². The molecule has 0 aliphatic carbocycles. The number of likely N-dealkylation sites (N-methyl/N-ethyl adjacent to an activating group) is 1. The molecule has 0 aliphatic rings. The molecule has 0 amide bonds. The maximum Gasteiger partial charge on any atom is 0.322 e. The third kappa shape index (κ3) is 4.13. The average molecular weight is 250 g/mol. The fourth-order valence-electron chi connectivity index (χ4n) is 1.83. The molecule has 4 nitrogen and oxygen atoms in total. The highest BCUT2D eigenvalue weighted by atomic mass is 16.4. The number of aliphatic carboxylic acids is 1. The minimum absolute atomic E-state index is 0.0158. The van der Waals surface area contributed by atoms with Crippen molar-refractivity contribution >= 4 is 5.97 Å². The zero-order valence-electron chi connectivity index (χ0n) is 11.2. The summed E-state index contributed by atoms with van der Waals surface area (Å²) >= 11 is 0. The lowest BCUT2D eigenvalue weighted by Crippen LogP contribution is -2.45. The van der Waals surface area contributed by atoms with Gasteiger partial charge in [0.25, 0.3) is 0 Å². The molecule has 1 aromatic rings. The fraction of sp³-hybridized carbons (Fsp3) is 0.500. The van der Waals surface area contributed by atoms with Gasteiger partial charge in [-0.05, 0) is 12.6 Å². The van der Waals surface area contributed by atoms with Crippen LogP contribution in [0.2, 0.25) is 0 Å². The number of carboxylic acids is 1. The number of carbonyl (C=O) groups is 1. The quantitative estimate of drug-likeness (QED) is 0.681. The van der Waals surface area contributed by atoms with E-state index >= 15 is 0 Å². The molecule has 0 bridgehead atoms. The minimum Gasteiger partial charge on any atom is -0.480 e. The van der Waals surface area contributed by atoms with Gasteiger partial charge in [-0.15, -0.1) is 0 Å². The first-order chi connectivity index (χ1) is 8.47. The fourth-order valence-corrected chi connectivity index (χ4v) is 1.83. The number of nitrogens with one attached hydrogen (secondary N) is 2. The van der Waals surface area contributed by atoms with E-state index in [4.69, 9.17) is 5.11 Å². The highest BCUT2D eigenvalue weighted by Crippen LogP contribution is 2.21. The molecular formula is C14H22N2O2. The topological polar surface area (TPSA) is 61.4 Å². The molecule has 18 heavy (non-hydrogen) atoms. The summed E-state index contributed by atoms with van der Waals surface area (Å²) in [7, 11) is 1.66. The molecule has 0 radical (unpaired) electrons. The van der Waals surface area contributed by atoms with Crippen molar-refractivity contribution < 1.29 is 9.90 Å². The molecule has 0 aliphatic heterocycles. The Morgan fingerprint density at radius 3 is 2.44 bits per heavy atom. The molecule has 0 saturated heterocycles. The van der Waals surface area contributed by atoms with Gasteiger partial charge in [-0.2, -0.15) is 0 Å². The monoisotopic (exact) mass is 250 g/mol. The van der Waals surface area contributed by atoms with Gasteiger partial charge in [0.1, 0.15) is 6.04 Å². The lowest BCUT2D eigenvalue weighted by molar-refractivity contribution is -0.139. The van der Waals surface area contributed by atoms with E-state index in [9.17, 15) is 4.79 Å². The Morgan fingerprint density at radius 1 is 1.33 bits per heavy atom. The Labute approximate surface area is 108 Å². The molecule has 1 aromatic carbocycles. The van der Waals surface area contributed by atoms with Gasteiger partial charge in [-0.25, -0.2) is 0 Å². The first kappa shape index (κ1) is 14.7. The molecular weight excluding hydrogens is 228 g/mol. The molecule has 1 rings (SSSR count). The Hall–Kier alpha value is -1.39. The highest BCUT2D eigenvalue weighted by molar-refractivity contribution is 5.73. The second kappa shape index (κ2) is 6.52. The van der Waals surface area contributed by atoms with Crippen LogP contribution in [0.5, 0.6) is 0 Å². The van der Waals surface area contributed by atoms with Crippen molar-refractivity contribution in [2.24, 2.45) is 0 Å². The smallest absolute Gasteiger partial charge is 0.322 e. The molecule has 0 saturated carbocycles. The van der Waals surface area contributed by atoms with E-state index in [1.54, 1.807) is 7.05 Å². The number of carboxylic acid groups (broad SMARTS) is 1. The Kier molecular flexibility index (Phi) is 5.31. The van der Waals surface area contributed by atoms with Crippen LogP contribution in [0, 0.1) is 0 Å². The van der Waals surface area contributed by atoms with Crippen LogP contribution in [0.1, 0.15) is 19.4 Å². The van der Waals surface area contributed by atoms with Crippen LogP contribution in [-0.4, -0.2) is 37.3 Å². The maximum atomic E-state index is 10.9. The highest BCUT2D eigenvalue weighted by Gasteiger charge is 2.21. The van der Waals surface area contributed by atoms with Crippen LogP contribution in [0.3, 0.4) is 0 Å². The third-order valence-electron chi connectivity index (χ3n) is 3.12. The predicted molar refractivity (Wildman–Crippen MR) is 72.8 cm³/mol. The summed E-state index contributed by atoms with van der Waals surface area (Å²) in [5.41, 5.74) is 1.23. The van der Waals surface area contributed by atoms with Gasteiger partial charge in [0.2, 0.25) is 0 Å². The van der Waals surface area contributed by atoms with Crippen LogP contribution < -0.4 is 10.6 Å². The van der Waals surface area contributed by atoms with Crippen molar-refractivity contribution in [3.8, 4) is 0 Å². The van der Waals surface area contributed by atoms with Gasteiger partial charge in [0, 0.05) is 18.5 Å². The van der Waals surface area contributed by atoms with E-state index in [0.29, 0.717) is 6.54 Å². The Bertz CT molecular complexity index is 377. The molecule has 0 spiro atoms. The van der Waals surface area contributed by atoms with E-state index in [1.807, 2.05) is 18.2 Å². The van der Waals surface area contributed by atoms with E-state index in [-0.39, 0.29) is 5.41 Å². The molecule has 0 heterocycles. The third-order valence-corrected chi connectivity index (χ3v) is 3.12. The van der Waals surface area contributed by atoms with Gasteiger partial charge in [-0.3, -0.25) is 4.79 Å². The summed E-state index contributed by atoms with van der Waals surface area (Å²) in [4.78, 5) is 10.9. The van der Waals surface area contributed by atoms with Crippen LogP contribution in [0.25, 0.3) is 0 Å². The summed E-state index contributed by atoms with van der Waals surface area (Å²) < 4.78 is 0. The lowest BCUT2D eigenvalue weighted by Gasteiger charge is -2.26. The zero-order chi connectivity index (χ0) is 13.6. The Balaban J connectivity index is 2.50. The van der Waals surface area contributed by atoms with Gasteiger partial charge < -0.3 is 15.7 Å². The van der Waals surface area contributed by atoms with Crippen LogP contribution in [0.15, 0.2) is 30.3 Å². The second-order valence-electron chi connectivity index (χ2n) is 5.06. The van der Waals surface area contributed by atoms with E-state index < -0.39 is 12.0 Å². The predicted octanol–water partition coefficient (Wildman–Crippen LogP) is 1.23. The largest absolute Gasteiger partial charge is 0.480 e. The molecule has 0 fully saturated rings. The van der Waals surface area contributed by atoms with Crippen LogP contribution >= 0.6 is 0 Å². The molecule has 4 heteroatoms. The van der Waals surface area contributed by atoms with Crippen molar-refractivity contribution in [2.45, 2.75) is 25.3 Å². The first-order valence-electron chi connectivity index (χ1n) is 6.13. The Morgan fingerprint density at radius 2 is 1.94 bits per heavy atom. The zero-order valence-corrected chi connectivity index (χ0v) is 11.2. The lowest BCUT2D eigenvalue weighted by atomic mass is 9.84. The number of benzene rings is 1. The SMILES string of the molecule is CNC(CNCC(C)(C)c1ccccc1)C(=O)O. The van der Waals surface area contributed by atoms with Crippen molar-refractivity contribution in [3.05, 3.63) is 35.9 Å². The molecule has 0 aromatic heterocycles. The van der Waals surface area contributed by atoms with Crippen molar-refractivity contribution in [3.63, 3.8) is 0 Å². The van der Waals surface area contributed by atoms with Gasteiger partial charge in [0.05, 0.1) is 0 Å². The van der Waals surface area contributed by atoms with Gasteiger partial charge in [0.15, 0.2) is 0 Å². The first-order valence-corrected chi connectivity index (χ1v) is 6.13. The summed E-state index contributed by atoms with van der Waals surface area (Å²) in [6, 6.07) is 9.67. The standard InChI is InChI=1S/C14H22N2O2/c1-14(2,11-7-5-4-6-8-11)10-16-9-12(15-3)13(17)18/h4-8,12,15-16H,9-10H2,1-3H3,(H,17,18). The normalized spacial score (nSPS) is 13.3. The summed E-state index contributed by atoms with van der Waals surface area (Å²) in [6.07, 6.45) is 0. The molecule has 1 atom stereocenters. The summed E-state index contributed by atoms with van der Waals surface area (Å²) in [6.45, 7) is 5.44. The van der Waals surface area contributed by atoms with Gasteiger partial charge >= 0.3 is 5.97 Å². The molecule has 100 valence electrons. The van der Waals surface area contributed by atoms with Crippen molar-refractivity contribution in [2.75, 3.05) is 20.1 Å². The van der Waals surface area contributed by atoms with Gasteiger partial charge in [-0.1, -0.05) is 44.2 Å². The number of hydrogen-bond acceptors (Lipinski definition) is 3. The van der Waals surface area contributed by atoms with Crippen molar-refractivity contribution in [1.29, 1.82) is 0 Å². The van der Waals surface area contributed by atoms with Crippen LogP contribution in [-0.2, 0) is 10.2 Å². The van der Waals surface area contributed by atoms with Crippen LogP contribution in [0.4, 0.5) is 0 Å². The number of rotatable bonds is 7. The van der Waals surface area contributed by atoms with E-state index in [1.165, 1.54) is 5.56 Å². The molecule has 3 N–H and O–H groups in total. The second-order valence-corrected chi connectivity index (χ2v) is 5.06. The molecule has 1 unspecified atom stereocenters. The maximum absolute atomic E-state index is 10.9. The summed E-state index contributed by atoms with van der Waals surface area (Å²) in [5.74, 6) is -0.831. The minimum atomic E-state index is -0.831. The van der Waals surface area contributed by atoms with Crippen molar-refractivity contribution in [1.82, 2.24) is 10.6 Å². The summed E-state index contributed by atoms with van der Waals surface area (Å²) in [5, 5.41) is 14.9.